The number of halogens is 1. The minimum absolute atomic E-state index is 0.197. The average molecular weight is 481 g/mol. The van der Waals surface area contributed by atoms with Crippen LogP contribution in [0.1, 0.15) is 28.3 Å². The van der Waals surface area contributed by atoms with Crippen LogP contribution in [-0.2, 0) is 6.42 Å². The highest BCUT2D eigenvalue weighted by Crippen LogP contribution is 2.38. The number of hydrogen-bond acceptors (Lipinski definition) is 4. The van der Waals surface area contributed by atoms with Crippen LogP contribution in [0, 0.1) is 13.8 Å². The van der Waals surface area contributed by atoms with Crippen LogP contribution in [-0.4, -0.2) is 38.3 Å². The fraction of sp³-hybridized carbons (Fsp3) is 0.296. The lowest BCUT2D eigenvalue weighted by Gasteiger charge is -2.37. The summed E-state index contributed by atoms with van der Waals surface area (Å²) in [5.74, 6) is 2.08. The quantitative estimate of drug-likeness (QED) is 0.457. The third-order valence-electron chi connectivity index (χ3n) is 5.96. The second-order valence-electron chi connectivity index (χ2n) is 8.44. The molecule has 3 aromatic carbocycles. The van der Waals surface area contributed by atoms with Crippen LogP contribution in [0.4, 0.5) is 10.5 Å². The number of rotatable bonds is 6. The Morgan fingerprint density at radius 3 is 2.29 bits per heavy atom. The lowest BCUT2D eigenvalue weighted by Crippen LogP contribution is -2.44. The SMILES string of the molecule is COc1cc2c(cc1OC)[C@H](COc1cc(C)cc(C)c1)N(C(=O)Nc1ccc(Cl)cc1)CC2. The van der Waals surface area contributed by atoms with Crippen molar-refractivity contribution in [3.63, 3.8) is 0 Å². The molecule has 1 aliphatic rings. The number of nitrogens with one attached hydrogen (secondary N) is 1. The molecule has 1 aliphatic heterocycles. The molecule has 0 bridgehead atoms. The van der Waals surface area contributed by atoms with Crippen molar-refractivity contribution in [2.24, 2.45) is 0 Å². The summed E-state index contributed by atoms with van der Waals surface area (Å²) in [4.78, 5) is 15.2. The third kappa shape index (κ3) is 5.23. The molecule has 4 rings (SSSR count). The second kappa shape index (κ2) is 10.3. The number of ether oxygens (including phenoxy) is 3. The molecule has 1 heterocycles. The van der Waals surface area contributed by atoms with Gasteiger partial charge in [-0.2, -0.15) is 0 Å². The van der Waals surface area contributed by atoms with Gasteiger partial charge in [0, 0.05) is 17.3 Å². The topological polar surface area (TPSA) is 60.0 Å². The van der Waals surface area contributed by atoms with E-state index in [-0.39, 0.29) is 12.1 Å². The summed E-state index contributed by atoms with van der Waals surface area (Å²) < 4.78 is 17.3. The van der Waals surface area contributed by atoms with Crippen molar-refractivity contribution >= 4 is 23.3 Å². The van der Waals surface area contributed by atoms with E-state index < -0.39 is 0 Å². The van der Waals surface area contributed by atoms with Crippen molar-refractivity contribution in [2.45, 2.75) is 26.3 Å². The molecule has 0 aromatic heterocycles. The molecule has 2 amide bonds. The maximum Gasteiger partial charge on any atom is 0.322 e. The Bertz CT molecular complexity index is 1160. The number of carbonyl (C=O) groups is 1. The summed E-state index contributed by atoms with van der Waals surface area (Å²) in [6, 6.07) is 16.6. The van der Waals surface area contributed by atoms with Crippen LogP contribution in [0.25, 0.3) is 0 Å². The Hall–Kier alpha value is -3.38. The number of aryl methyl sites for hydroxylation is 2. The van der Waals surface area contributed by atoms with Gasteiger partial charge in [-0.05, 0) is 91.1 Å². The van der Waals surface area contributed by atoms with Gasteiger partial charge >= 0.3 is 6.03 Å². The van der Waals surface area contributed by atoms with E-state index in [1.165, 1.54) is 0 Å². The Balaban J connectivity index is 1.65. The van der Waals surface area contributed by atoms with Crippen molar-refractivity contribution in [3.05, 3.63) is 81.9 Å². The van der Waals surface area contributed by atoms with Gasteiger partial charge in [-0.1, -0.05) is 17.7 Å². The number of urea groups is 1. The van der Waals surface area contributed by atoms with E-state index >= 15 is 0 Å². The van der Waals surface area contributed by atoms with Crippen molar-refractivity contribution in [1.82, 2.24) is 4.90 Å². The van der Waals surface area contributed by atoms with Crippen LogP contribution in [0.3, 0.4) is 0 Å². The lowest BCUT2D eigenvalue weighted by molar-refractivity contribution is 0.144. The molecular weight excluding hydrogens is 452 g/mol. The maximum atomic E-state index is 13.3. The molecule has 34 heavy (non-hydrogen) atoms. The van der Waals surface area contributed by atoms with Crippen molar-refractivity contribution in [3.8, 4) is 17.2 Å². The highest BCUT2D eigenvalue weighted by atomic mass is 35.5. The van der Waals surface area contributed by atoms with Crippen LogP contribution < -0.4 is 19.5 Å². The van der Waals surface area contributed by atoms with Gasteiger partial charge in [0.2, 0.25) is 0 Å². The minimum atomic E-state index is -0.309. The summed E-state index contributed by atoms with van der Waals surface area (Å²) in [7, 11) is 3.23. The summed E-state index contributed by atoms with van der Waals surface area (Å²) in [6.45, 7) is 4.93. The lowest BCUT2D eigenvalue weighted by atomic mass is 9.92. The number of nitrogens with zero attached hydrogens (tertiary/aromatic N) is 1. The first-order chi connectivity index (χ1) is 16.4. The molecule has 0 aliphatic carbocycles. The molecule has 0 fully saturated rings. The summed E-state index contributed by atoms with van der Waals surface area (Å²) >= 11 is 5.99. The molecule has 178 valence electrons. The largest absolute Gasteiger partial charge is 0.493 e. The molecule has 0 saturated carbocycles. The molecule has 0 radical (unpaired) electrons. The predicted molar refractivity (Wildman–Crippen MR) is 135 cm³/mol. The summed E-state index contributed by atoms with van der Waals surface area (Å²) in [6.07, 6.45) is 0.698. The Morgan fingerprint density at radius 1 is 1.00 bits per heavy atom. The smallest absolute Gasteiger partial charge is 0.322 e. The normalized spacial score (nSPS) is 14.9. The summed E-state index contributed by atoms with van der Waals surface area (Å²) in [5.41, 5.74) is 5.04. The van der Waals surface area contributed by atoms with Gasteiger partial charge < -0.3 is 24.4 Å². The van der Waals surface area contributed by atoms with Crippen molar-refractivity contribution in [2.75, 3.05) is 32.7 Å². The number of carbonyl (C=O) groups excluding carboxylic acids is 1. The van der Waals surface area contributed by atoms with Crippen molar-refractivity contribution in [1.29, 1.82) is 0 Å². The van der Waals surface area contributed by atoms with Crippen molar-refractivity contribution < 1.29 is 19.0 Å². The fourth-order valence-corrected chi connectivity index (χ4v) is 4.50. The van der Waals surface area contributed by atoms with Crippen LogP contribution in [0.15, 0.2) is 54.6 Å². The molecule has 6 nitrogen and oxygen atoms in total. The zero-order valence-electron chi connectivity index (χ0n) is 19.9. The standard InChI is InChI=1S/C27H29ClN2O4/c1-17-11-18(2)13-22(12-17)34-16-24-23-15-26(33-4)25(32-3)14-19(23)9-10-30(24)27(31)29-21-7-5-20(28)6-8-21/h5-8,11-15,24H,9-10,16H2,1-4H3,(H,29,31)/t24-/m0/s1. The molecular formula is C27H29ClN2O4. The number of amides is 2. The van der Waals surface area contributed by atoms with Gasteiger partial charge in [0.05, 0.1) is 20.3 Å². The zero-order chi connectivity index (χ0) is 24.2. The number of anilines is 1. The average Bonchev–Trinajstić information content (AvgIpc) is 2.82. The molecule has 0 saturated heterocycles. The van der Waals surface area contributed by atoms with E-state index in [9.17, 15) is 4.79 Å². The number of hydrogen-bond donors (Lipinski definition) is 1. The van der Waals surface area contributed by atoms with E-state index in [4.69, 9.17) is 25.8 Å². The Morgan fingerprint density at radius 2 is 1.65 bits per heavy atom. The highest BCUT2D eigenvalue weighted by Gasteiger charge is 2.33. The van der Waals surface area contributed by atoms with E-state index in [2.05, 4.69) is 11.4 Å². The number of methoxy groups -OCH3 is 2. The second-order valence-corrected chi connectivity index (χ2v) is 8.87. The first kappa shape index (κ1) is 23.8. The first-order valence-electron chi connectivity index (χ1n) is 11.2. The molecule has 3 aromatic rings. The minimum Gasteiger partial charge on any atom is -0.493 e. The number of benzene rings is 3. The van der Waals surface area contributed by atoms with Gasteiger partial charge in [-0.25, -0.2) is 4.79 Å². The van der Waals surface area contributed by atoms with Gasteiger partial charge in [0.1, 0.15) is 12.4 Å². The van der Waals surface area contributed by atoms with E-state index in [1.54, 1.807) is 38.5 Å². The van der Waals surface area contributed by atoms with Gasteiger partial charge in [-0.3, -0.25) is 0 Å². The molecule has 0 unspecified atom stereocenters. The van der Waals surface area contributed by atoms with E-state index in [0.717, 1.165) is 28.0 Å². The monoisotopic (exact) mass is 480 g/mol. The molecule has 7 heteroatoms. The third-order valence-corrected chi connectivity index (χ3v) is 6.21. The van der Waals surface area contributed by atoms with Gasteiger partial charge in [0.25, 0.3) is 0 Å². The first-order valence-corrected chi connectivity index (χ1v) is 11.5. The van der Waals surface area contributed by atoms with Crippen LogP contribution >= 0.6 is 11.6 Å². The van der Waals surface area contributed by atoms with Gasteiger partial charge in [0.15, 0.2) is 11.5 Å². The van der Waals surface area contributed by atoms with E-state index in [0.29, 0.717) is 41.8 Å². The van der Waals surface area contributed by atoms with E-state index in [1.807, 2.05) is 43.0 Å². The summed E-state index contributed by atoms with van der Waals surface area (Å²) in [5, 5.41) is 3.60. The molecule has 1 atom stereocenters. The van der Waals surface area contributed by atoms with Crippen LogP contribution in [0.2, 0.25) is 5.02 Å². The molecule has 0 spiro atoms. The van der Waals surface area contributed by atoms with Gasteiger partial charge in [-0.15, -0.1) is 0 Å². The Labute approximate surface area is 205 Å². The maximum absolute atomic E-state index is 13.3. The predicted octanol–water partition coefficient (Wildman–Crippen LogP) is 6.18. The molecule has 1 N–H and O–H groups in total. The number of fused-ring (bicyclic) bond motifs is 1. The van der Waals surface area contributed by atoms with Crippen LogP contribution in [0.5, 0.6) is 17.2 Å². The fourth-order valence-electron chi connectivity index (χ4n) is 4.37. The Kier molecular flexibility index (Phi) is 7.17. The zero-order valence-corrected chi connectivity index (χ0v) is 20.6. The highest BCUT2D eigenvalue weighted by molar-refractivity contribution is 6.30.